The molecule has 26 heavy (non-hydrogen) atoms. The number of hydrogen-bond acceptors (Lipinski definition) is 7. The Morgan fingerprint density at radius 1 is 1.19 bits per heavy atom. The van der Waals surface area contributed by atoms with Crippen molar-refractivity contribution in [3.63, 3.8) is 0 Å². The maximum Gasteiger partial charge on any atom is 0.253 e. The highest BCUT2D eigenvalue weighted by Gasteiger charge is 2.35. The molecule has 1 unspecified atom stereocenters. The molecule has 0 saturated carbocycles. The van der Waals surface area contributed by atoms with Crippen LogP contribution in [0.4, 0.5) is 5.69 Å². The predicted octanol–water partition coefficient (Wildman–Crippen LogP) is 1.72. The number of aromatic nitrogens is 1. The van der Waals surface area contributed by atoms with Crippen LogP contribution in [0.2, 0.25) is 0 Å². The number of carbonyl (C=O) groups is 1. The molecular weight excluding hydrogens is 352 g/mol. The Balaban J connectivity index is 2.08. The molecule has 0 aromatic carbocycles. The van der Waals surface area contributed by atoms with Gasteiger partial charge in [-0.15, -0.1) is 0 Å². The molecule has 1 aliphatic rings. The Labute approximate surface area is 151 Å². The number of anilines is 1. The fraction of sp³-hybridized carbons (Fsp3) is 0.0556. The smallest absolute Gasteiger partial charge is 0.253 e. The lowest BCUT2D eigenvalue weighted by Gasteiger charge is -2.18. The van der Waals surface area contributed by atoms with E-state index in [9.17, 15) is 15.3 Å². The number of carbonyl (C=O) groups excluding carboxylic acids is 1. The van der Waals surface area contributed by atoms with Crippen molar-refractivity contribution in [2.45, 2.75) is 5.25 Å². The van der Waals surface area contributed by atoms with Crippen molar-refractivity contribution >= 4 is 34.3 Å². The van der Waals surface area contributed by atoms with E-state index in [0.717, 1.165) is 11.8 Å². The van der Waals surface area contributed by atoms with Gasteiger partial charge in [0.15, 0.2) is 5.69 Å². The summed E-state index contributed by atoms with van der Waals surface area (Å²) in [6.45, 7) is 0. The SMILES string of the molecule is N#CC1=c2/c(=C/c3ccco3)c(N)c(C#N)n2C(=O)C(c2ccco2)S1. The number of nitrogens with two attached hydrogens (primary N) is 1. The highest BCUT2D eigenvalue weighted by Crippen LogP contribution is 2.38. The van der Waals surface area contributed by atoms with Crippen LogP contribution in [-0.4, -0.2) is 10.5 Å². The van der Waals surface area contributed by atoms with Gasteiger partial charge in [-0.25, -0.2) is 0 Å². The van der Waals surface area contributed by atoms with Crippen LogP contribution >= 0.6 is 11.8 Å². The minimum absolute atomic E-state index is 0.00703. The summed E-state index contributed by atoms with van der Waals surface area (Å²) < 4.78 is 11.8. The van der Waals surface area contributed by atoms with Gasteiger partial charge in [-0.3, -0.25) is 9.36 Å². The van der Waals surface area contributed by atoms with Crippen molar-refractivity contribution in [1.29, 1.82) is 10.5 Å². The summed E-state index contributed by atoms with van der Waals surface area (Å²) in [5.74, 6) is 0.518. The van der Waals surface area contributed by atoms with Crippen molar-refractivity contribution in [3.8, 4) is 12.1 Å². The second-order valence-electron chi connectivity index (χ2n) is 5.42. The lowest BCUT2D eigenvalue weighted by Crippen LogP contribution is -2.40. The molecule has 4 heterocycles. The fourth-order valence-electron chi connectivity index (χ4n) is 2.86. The number of thioether (sulfide) groups is 1. The normalized spacial score (nSPS) is 17.0. The summed E-state index contributed by atoms with van der Waals surface area (Å²) in [6, 6.07) is 10.8. The lowest BCUT2D eigenvalue weighted by molar-refractivity contribution is 0.0898. The predicted molar refractivity (Wildman–Crippen MR) is 93.8 cm³/mol. The van der Waals surface area contributed by atoms with E-state index >= 15 is 0 Å². The van der Waals surface area contributed by atoms with Gasteiger partial charge in [-0.2, -0.15) is 10.5 Å². The van der Waals surface area contributed by atoms with E-state index in [1.54, 1.807) is 30.3 Å². The van der Waals surface area contributed by atoms with Crippen LogP contribution in [0, 0.1) is 22.7 Å². The monoisotopic (exact) mass is 362 g/mol. The van der Waals surface area contributed by atoms with Crippen LogP contribution < -0.4 is 16.3 Å². The van der Waals surface area contributed by atoms with E-state index < -0.39 is 5.25 Å². The molecule has 8 heteroatoms. The van der Waals surface area contributed by atoms with Gasteiger partial charge in [-0.1, -0.05) is 11.8 Å². The Bertz CT molecular complexity index is 1210. The highest BCUT2D eigenvalue weighted by molar-refractivity contribution is 8.09. The lowest BCUT2D eigenvalue weighted by atomic mass is 10.2. The quantitative estimate of drug-likeness (QED) is 0.736. The summed E-state index contributed by atoms with van der Waals surface area (Å²) >= 11 is 1.08. The fourth-order valence-corrected chi connectivity index (χ4v) is 3.92. The molecule has 0 aliphatic carbocycles. The molecule has 0 bridgehead atoms. The number of nitrogen functional groups attached to an aromatic ring is 1. The van der Waals surface area contributed by atoms with Gasteiger partial charge >= 0.3 is 0 Å². The van der Waals surface area contributed by atoms with Gasteiger partial charge in [0.25, 0.3) is 5.91 Å². The Morgan fingerprint density at radius 3 is 2.58 bits per heavy atom. The van der Waals surface area contributed by atoms with Crippen LogP contribution in [0.3, 0.4) is 0 Å². The van der Waals surface area contributed by atoms with E-state index in [2.05, 4.69) is 6.07 Å². The van der Waals surface area contributed by atoms with Crippen molar-refractivity contribution in [3.05, 3.63) is 64.6 Å². The maximum atomic E-state index is 13.0. The largest absolute Gasteiger partial charge is 0.468 e. The van der Waals surface area contributed by atoms with Crippen LogP contribution in [0.15, 0.2) is 45.6 Å². The summed E-state index contributed by atoms with van der Waals surface area (Å²) in [4.78, 5) is 13.3. The average molecular weight is 362 g/mol. The van der Waals surface area contributed by atoms with Gasteiger partial charge in [0, 0.05) is 5.22 Å². The molecule has 0 spiro atoms. The van der Waals surface area contributed by atoms with Crippen LogP contribution in [0.5, 0.6) is 0 Å². The standard InChI is InChI=1S/C18H10N4O3S/c19-8-12-15(21)11(7-10-3-1-5-24-10)16-14(9-20)26-17(18(23)22(12)16)13-4-2-6-25-13/h1-7,17H,21H2/b11-7+. The van der Waals surface area contributed by atoms with Gasteiger partial charge in [0.1, 0.15) is 33.8 Å². The number of nitriles is 2. The minimum Gasteiger partial charge on any atom is -0.468 e. The minimum atomic E-state index is -0.762. The number of nitrogens with zero attached hydrogens (tertiary/aromatic N) is 3. The van der Waals surface area contributed by atoms with Gasteiger partial charge in [0.05, 0.1) is 23.6 Å². The summed E-state index contributed by atoms with van der Waals surface area (Å²) in [5.41, 5.74) is 6.25. The van der Waals surface area contributed by atoms with Crippen molar-refractivity contribution in [2.24, 2.45) is 0 Å². The number of rotatable bonds is 2. The van der Waals surface area contributed by atoms with Crippen molar-refractivity contribution in [1.82, 2.24) is 4.57 Å². The summed E-state index contributed by atoms with van der Waals surface area (Å²) in [5, 5.41) is 19.1. The zero-order valence-corrected chi connectivity index (χ0v) is 14.0. The van der Waals surface area contributed by atoms with Crippen molar-refractivity contribution < 1.29 is 13.6 Å². The van der Waals surface area contributed by atoms with Gasteiger partial charge < -0.3 is 14.6 Å². The first-order valence-corrected chi connectivity index (χ1v) is 8.38. The molecule has 0 saturated heterocycles. The third kappa shape index (κ3) is 2.25. The first-order valence-electron chi connectivity index (χ1n) is 7.50. The molecule has 0 amide bonds. The Morgan fingerprint density at radius 2 is 1.96 bits per heavy atom. The topological polar surface area (TPSA) is 122 Å². The summed E-state index contributed by atoms with van der Waals surface area (Å²) in [7, 11) is 0. The molecule has 4 rings (SSSR count). The van der Waals surface area contributed by atoms with E-state index in [1.165, 1.54) is 17.1 Å². The number of hydrogen-bond donors (Lipinski definition) is 1. The second kappa shape index (κ2) is 6.03. The highest BCUT2D eigenvalue weighted by atomic mass is 32.2. The molecule has 3 aromatic rings. The first kappa shape index (κ1) is 15.9. The third-order valence-electron chi connectivity index (χ3n) is 3.98. The molecule has 2 N–H and O–H groups in total. The maximum absolute atomic E-state index is 13.0. The first-order chi connectivity index (χ1) is 12.7. The summed E-state index contributed by atoms with van der Waals surface area (Å²) in [6.07, 6.45) is 4.56. The molecule has 7 nitrogen and oxygen atoms in total. The van der Waals surface area contributed by atoms with E-state index in [1.807, 2.05) is 6.07 Å². The van der Waals surface area contributed by atoms with E-state index in [4.69, 9.17) is 14.6 Å². The average Bonchev–Trinajstić information content (AvgIpc) is 3.38. The molecule has 1 atom stereocenters. The zero-order chi connectivity index (χ0) is 18.3. The molecule has 3 aromatic heterocycles. The second-order valence-corrected chi connectivity index (χ2v) is 6.54. The number of fused-ring (bicyclic) bond motifs is 1. The van der Waals surface area contributed by atoms with E-state index in [-0.39, 0.29) is 22.2 Å². The Kier molecular flexibility index (Phi) is 3.68. The number of furan rings is 2. The molecule has 0 fully saturated rings. The Hall–Kier alpha value is -3.62. The zero-order valence-electron chi connectivity index (χ0n) is 13.2. The van der Waals surface area contributed by atoms with Gasteiger partial charge in [-0.05, 0) is 30.3 Å². The van der Waals surface area contributed by atoms with Crippen molar-refractivity contribution in [2.75, 3.05) is 5.73 Å². The molecular formula is C18H10N4O3S. The van der Waals surface area contributed by atoms with Crippen LogP contribution in [0.25, 0.3) is 11.0 Å². The third-order valence-corrected chi connectivity index (χ3v) is 5.17. The molecule has 0 radical (unpaired) electrons. The van der Waals surface area contributed by atoms with Gasteiger partial charge in [0.2, 0.25) is 0 Å². The molecule has 1 aliphatic heterocycles. The van der Waals surface area contributed by atoms with Crippen LogP contribution in [-0.2, 0) is 0 Å². The van der Waals surface area contributed by atoms with E-state index in [0.29, 0.717) is 22.1 Å². The molecule has 126 valence electrons. The van der Waals surface area contributed by atoms with Crippen LogP contribution in [0.1, 0.15) is 27.3 Å².